The summed E-state index contributed by atoms with van der Waals surface area (Å²) < 4.78 is 0. The molecule has 3 rings (SSSR count). The smallest absolute Gasteiger partial charge is 0.0459 e. The first-order valence-corrected chi connectivity index (χ1v) is 6.13. The predicted octanol–water partition coefficient (Wildman–Crippen LogP) is 3.07. The van der Waals surface area contributed by atoms with Gasteiger partial charge in [0, 0.05) is 23.1 Å². The Labute approximate surface area is 95.8 Å². The van der Waals surface area contributed by atoms with E-state index in [-0.39, 0.29) is 0 Å². The Morgan fingerprint density at radius 3 is 3.12 bits per heavy atom. The molecule has 1 aromatic carbocycles. The van der Waals surface area contributed by atoms with Crippen LogP contribution in [-0.2, 0) is 13.0 Å². The number of rotatable bonds is 1. The van der Waals surface area contributed by atoms with Gasteiger partial charge in [0.2, 0.25) is 0 Å². The van der Waals surface area contributed by atoms with Crippen LogP contribution in [0.2, 0.25) is 0 Å². The number of aromatic amines is 1. The molecule has 1 aromatic heterocycles. The van der Waals surface area contributed by atoms with E-state index in [0.29, 0.717) is 12.5 Å². The van der Waals surface area contributed by atoms with Crippen LogP contribution in [0, 0.1) is 0 Å². The van der Waals surface area contributed by atoms with Gasteiger partial charge in [-0.15, -0.1) is 0 Å². The fourth-order valence-corrected chi connectivity index (χ4v) is 2.86. The van der Waals surface area contributed by atoms with Crippen LogP contribution in [0.4, 0.5) is 0 Å². The highest BCUT2D eigenvalue weighted by molar-refractivity contribution is 5.85. The average molecular weight is 214 g/mol. The highest BCUT2D eigenvalue weighted by Gasteiger charge is 2.20. The number of nitrogens with one attached hydrogen (secondary N) is 1. The SMILES string of the molecule is CC1CCCc2c1[nH]c1ccc(CN)cc21. The number of benzene rings is 1. The van der Waals surface area contributed by atoms with Crippen LogP contribution in [0.15, 0.2) is 18.2 Å². The van der Waals surface area contributed by atoms with Gasteiger partial charge >= 0.3 is 0 Å². The molecule has 16 heavy (non-hydrogen) atoms. The zero-order valence-corrected chi connectivity index (χ0v) is 9.72. The van der Waals surface area contributed by atoms with E-state index >= 15 is 0 Å². The highest BCUT2D eigenvalue weighted by Crippen LogP contribution is 2.35. The summed E-state index contributed by atoms with van der Waals surface area (Å²) in [7, 11) is 0. The molecule has 84 valence electrons. The Morgan fingerprint density at radius 1 is 1.44 bits per heavy atom. The Morgan fingerprint density at radius 2 is 2.31 bits per heavy atom. The van der Waals surface area contributed by atoms with E-state index in [2.05, 4.69) is 30.1 Å². The zero-order chi connectivity index (χ0) is 11.1. The molecule has 0 bridgehead atoms. The van der Waals surface area contributed by atoms with Crippen LogP contribution in [0.3, 0.4) is 0 Å². The normalized spacial score (nSPS) is 20.0. The number of hydrogen-bond acceptors (Lipinski definition) is 1. The first kappa shape index (κ1) is 9.91. The topological polar surface area (TPSA) is 41.8 Å². The number of nitrogens with two attached hydrogens (primary N) is 1. The van der Waals surface area contributed by atoms with E-state index in [1.807, 2.05) is 0 Å². The lowest BCUT2D eigenvalue weighted by Crippen LogP contribution is -2.05. The van der Waals surface area contributed by atoms with E-state index < -0.39 is 0 Å². The van der Waals surface area contributed by atoms with Crippen LogP contribution in [0.5, 0.6) is 0 Å². The van der Waals surface area contributed by atoms with Crippen molar-refractivity contribution in [1.29, 1.82) is 0 Å². The Hall–Kier alpha value is -1.28. The van der Waals surface area contributed by atoms with Gasteiger partial charge in [-0.1, -0.05) is 13.0 Å². The van der Waals surface area contributed by atoms with Gasteiger partial charge in [-0.05, 0) is 48.4 Å². The minimum atomic E-state index is 0.630. The van der Waals surface area contributed by atoms with Crippen LogP contribution in [-0.4, -0.2) is 4.98 Å². The Balaban J connectivity index is 2.25. The van der Waals surface area contributed by atoms with Crippen molar-refractivity contribution in [3.05, 3.63) is 35.0 Å². The molecule has 2 aromatic rings. The van der Waals surface area contributed by atoms with Crippen molar-refractivity contribution in [3.63, 3.8) is 0 Å². The number of aromatic nitrogens is 1. The number of fused-ring (bicyclic) bond motifs is 3. The summed E-state index contributed by atoms with van der Waals surface area (Å²) in [6, 6.07) is 6.54. The van der Waals surface area contributed by atoms with Gasteiger partial charge in [0.1, 0.15) is 0 Å². The second-order valence-electron chi connectivity index (χ2n) is 4.89. The van der Waals surface area contributed by atoms with E-state index in [0.717, 1.165) is 0 Å². The lowest BCUT2D eigenvalue weighted by Gasteiger charge is -2.18. The third-order valence-corrected chi connectivity index (χ3v) is 3.80. The summed E-state index contributed by atoms with van der Waals surface area (Å²) in [5, 5.41) is 1.39. The maximum absolute atomic E-state index is 5.70. The molecule has 0 saturated carbocycles. The van der Waals surface area contributed by atoms with Crippen molar-refractivity contribution in [3.8, 4) is 0 Å². The van der Waals surface area contributed by atoms with E-state index in [1.165, 1.54) is 47.0 Å². The lowest BCUT2D eigenvalue weighted by atomic mass is 9.88. The standard InChI is InChI=1S/C14H18N2/c1-9-3-2-4-11-12-7-10(8-15)5-6-13(12)16-14(9)11/h5-7,9,16H,2-4,8,15H2,1H3. The third kappa shape index (κ3) is 1.37. The molecule has 1 unspecified atom stereocenters. The molecule has 2 nitrogen and oxygen atoms in total. The summed E-state index contributed by atoms with van der Waals surface area (Å²) >= 11 is 0. The van der Waals surface area contributed by atoms with Crippen LogP contribution in [0.1, 0.15) is 42.5 Å². The number of hydrogen-bond donors (Lipinski definition) is 2. The fourth-order valence-electron chi connectivity index (χ4n) is 2.86. The van der Waals surface area contributed by atoms with Gasteiger partial charge in [-0.3, -0.25) is 0 Å². The maximum Gasteiger partial charge on any atom is 0.0459 e. The maximum atomic E-state index is 5.70. The molecule has 1 aliphatic carbocycles. The van der Waals surface area contributed by atoms with Gasteiger partial charge in [-0.2, -0.15) is 0 Å². The largest absolute Gasteiger partial charge is 0.358 e. The summed E-state index contributed by atoms with van der Waals surface area (Å²) in [4.78, 5) is 3.58. The van der Waals surface area contributed by atoms with Gasteiger partial charge in [-0.25, -0.2) is 0 Å². The first-order chi connectivity index (χ1) is 7.79. The van der Waals surface area contributed by atoms with Crippen molar-refractivity contribution >= 4 is 10.9 Å². The molecule has 0 amide bonds. The zero-order valence-electron chi connectivity index (χ0n) is 9.72. The Bertz CT molecular complexity index is 525. The molecule has 1 aliphatic rings. The highest BCUT2D eigenvalue weighted by atomic mass is 14.7. The van der Waals surface area contributed by atoms with Crippen LogP contribution >= 0.6 is 0 Å². The second-order valence-corrected chi connectivity index (χ2v) is 4.89. The molecule has 0 saturated heterocycles. The molecule has 1 atom stereocenters. The summed E-state index contributed by atoms with van der Waals surface area (Å²) in [6.07, 6.45) is 3.84. The van der Waals surface area contributed by atoms with Crippen LogP contribution < -0.4 is 5.73 Å². The summed E-state index contributed by atoms with van der Waals surface area (Å²) in [5.74, 6) is 0.678. The third-order valence-electron chi connectivity index (χ3n) is 3.80. The number of H-pyrrole nitrogens is 1. The van der Waals surface area contributed by atoms with Crippen molar-refractivity contribution in [2.24, 2.45) is 5.73 Å². The van der Waals surface area contributed by atoms with Crippen molar-refractivity contribution in [2.75, 3.05) is 0 Å². The number of aryl methyl sites for hydroxylation is 1. The molecule has 2 heteroatoms. The van der Waals surface area contributed by atoms with Gasteiger partial charge in [0.25, 0.3) is 0 Å². The molecular weight excluding hydrogens is 196 g/mol. The van der Waals surface area contributed by atoms with E-state index in [1.54, 1.807) is 0 Å². The molecule has 0 aliphatic heterocycles. The molecule has 0 fully saturated rings. The molecule has 1 heterocycles. The summed E-state index contributed by atoms with van der Waals surface area (Å²) in [6.45, 7) is 2.95. The van der Waals surface area contributed by atoms with Crippen molar-refractivity contribution in [2.45, 2.75) is 38.6 Å². The first-order valence-electron chi connectivity index (χ1n) is 6.13. The lowest BCUT2D eigenvalue weighted by molar-refractivity contribution is 0.582. The van der Waals surface area contributed by atoms with Gasteiger partial charge in [0.15, 0.2) is 0 Å². The van der Waals surface area contributed by atoms with E-state index in [9.17, 15) is 0 Å². The minimum absolute atomic E-state index is 0.630. The molecule has 0 radical (unpaired) electrons. The second kappa shape index (κ2) is 3.63. The average Bonchev–Trinajstić information content (AvgIpc) is 2.68. The van der Waals surface area contributed by atoms with Crippen molar-refractivity contribution in [1.82, 2.24) is 4.98 Å². The van der Waals surface area contributed by atoms with Crippen LogP contribution in [0.25, 0.3) is 10.9 Å². The molecule has 0 spiro atoms. The molecule has 3 N–H and O–H groups in total. The Kier molecular flexibility index (Phi) is 2.25. The van der Waals surface area contributed by atoms with E-state index in [4.69, 9.17) is 5.73 Å². The van der Waals surface area contributed by atoms with Crippen molar-refractivity contribution < 1.29 is 0 Å². The summed E-state index contributed by atoms with van der Waals surface area (Å²) in [5.41, 5.74) is 11.2. The minimum Gasteiger partial charge on any atom is -0.358 e. The fraction of sp³-hybridized carbons (Fsp3) is 0.429. The molecular formula is C14H18N2. The quantitative estimate of drug-likeness (QED) is 0.752. The monoisotopic (exact) mass is 214 g/mol. The van der Waals surface area contributed by atoms with Gasteiger partial charge in [0.05, 0.1) is 0 Å². The van der Waals surface area contributed by atoms with Gasteiger partial charge < -0.3 is 10.7 Å². The predicted molar refractivity (Wildman–Crippen MR) is 67.5 cm³/mol.